The number of carbonyl (C=O) groups excluding carboxylic acids is 4. The van der Waals surface area contributed by atoms with Crippen LogP contribution < -0.4 is 73.2 Å². The van der Waals surface area contributed by atoms with Gasteiger partial charge in [0.1, 0.15) is 68.6 Å². The molecule has 0 aliphatic rings. The smallest absolute Gasteiger partial charge is 0.496 e. The van der Waals surface area contributed by atoms with Gasteiger partial charge < -0.3 is 57.6 Å². The van der Waals surface area contributed by atoms with Crippen molar-refractivity contribution in [2.75, 3.05) is 35.5 Å². The van der Waals surface area contributed by atoms with E-state index >= 15 is 0 Å². The van der Waals surface area contributed by atoms with Gasteiger partial charge in [-0.1, -0.05) is 121 Å². The zero-order valence-electron chi connectivity index (χ0n) is 72.2. The second-order valence-electron chi connectivity index (χ2n) is 25.7. The van der Waals surface area contributed by atoms with E-state index in [0.717, 1.165) is 35.6 Å². The molecule has 0 fully saturated rings. The molecule has 4 heterocycles. The summed E-state index contributed by atoms with van der Waals surface area (Å²) < 4.78 is 254. The lowest BCUT2D eigenvalue weighted by Crippen LogP contribution is -2.32. The van der Waals surface area contributed by atoms with Crippen molar-refractivity contribution in [3.8, 4) is 103 Å². The second kappa shape index (κ2) is 53.1. The van der Waals surface area contributed by atoms with Crippen LogP contribution >= 0.6 is 23.8 Å². The van der Waals surface area contributed by atoms with Crippen LogP contribution in [0.25, 0.3) is 45.6 Å². The number of carbonyl (C=O) groups is 6. The number of hydrazine groups is 1. The van der Waals surface area contributed by atoms with Gasteiger partial charge in [0.05, 0.1) is 80.1 Å². The van der Waals surface area contributed by atoms with Gasteiger partial charge in [-0.2, -0.15) is 87.2 Å². The van der Waals surface area contributed by atoms with Crippen LogP contribution in [0.5, 0.6) is 57.5 Å². The molecule has 0 spiro atoms. The number of rotatable bonds is 29. The highest BCUT2D eigenvalue weighted by Crippen LogP contribution is 2.34. The minimum Gasteiger partial charge on any atom is -0.496 e. The number of aromatic carboxylic acids is 2. The molecule has 0 aliphatic heterocycles. The Morgan fingerprint density at radius 3 is 0.929 bits per heavy atom. The molecule has 746 valence electrons. The second-order valence-corrected chi connectivity index (χ2v) is 31.1. The van der Waals surface area contributed by atoms with Crippen molar-refractivity contribution >= 4 is 88.8 Å². The van der Waals surface area contributed by atoms with E-state index in [-0.39, 0.29) is 68.0 Å². The van der Waals surface area contributed by atoms with Crippen LogP contribution in [0.15, 0.2) is 258 Å². The molecule has 0 atom stereocenters. The number of methoxy groups -OCH3 is 5. The van der Waals surface area contributed by atoms with Crippen molar-refractivity contribution in [3.63, 3.8) is 0 Å². The molecule has 57 heteroatoms. The predicted molar refractivity (Wildman–Crippen MR) is 476 cm³/mol. The van der Waals surface area contributed by atoms with Gasteiger partial charge in [-0.3, -0.25) is 34.8 Å². The molecule has 0 saturated heterocycles. The number of alkyl halides is 11. The molecule has 3 amide bonds. The highest BCUT2D eigenvalue weighted by Gasteiger charge is 2.35. The lowest BCUT2D eigenvalue weighted by molar-refractivity contribution is -0.274. The first-order valence-corrected chi connectivity index (χ1v) is 43.6. The van der Waals surface area contributed by atoms with Gasteiger partial charge in [-0.05, 0) is 145 Å². The van der Waals surface area contributed by atoms with E-state index < -0.39 is 119 Å². The number of nitrogens with zero attached hydrogens (tertiary/aromatic N) is 7. The molecular weight excluding hydrogens is 2000 g/mol. The van der Waals surface area contributed by atoms with Crippen LogP contribution in [-0.4, -0.2) is 199 Å². The Labute approximate surface area is 798 Å². The zero-order valence-corrected chi connectivity index (χ0v) is 76.3. The van der Waals surface area contributed by atoms with Gasteiger partial charge in [-0.15, -0.1) is 13.2 Å². The van der Waals surface area contributed by atoms with Crippen LogP contribution in [0.4, 0.5) is 48.3 Å². The molecule has 14 N–H and O–H groups in total. The van der Waals surface area contributed by atoms with E-state index in [9.17, 15) is 102 Å². The lowest BCUT2D eigenvalue weighted by Gasteiger charge is -2.12. The third-order valence-corrected chi connectivity index (χ3v) is 20.1. The number of nitrogens with one attached hydrogen (secondary N) is 8. The van der Waals surface area contributed by atoms with Gasteiger partial charge in [0, 0.05) is 0 Å². The fourth-order valence-corrected chi connectivity index (χ4v) is 13.1. The van der Waals surface area contributed by atoms with Crippen molar-refractivity contribution in [2.45, 2.75) is 48.3 Å². The van der Waals surface area contributed by atoms with Crippen molar-refractivity contribution in [3.05, 3.63) is 281 Å². The monoisotopic (exact) mass is 2080 g/mol. The number of H-pyrrole nitrogens is 5. The SMILES string of the molecule is COc1ccccc1-c1n[nH]c(S(=O)(=O)NC(=O)c2ccccc2OC(F)(F)F)n1.COc1ccccc1-c1n[nH]c(S(=O)(=O)NC(=O)c2ccccc2OC(F)F)n1.COc1ccccc1-c1n[nH]c(S(N)(=O)=O)n1.COc1ccccc1-c1nc(=S)[nH][nH]1.COc1ccccc1C(=O)NN.O=C(Cl)c1ccccc1OC(F)F.O=C(O)c1ccccc1OC(F)F.O=C(O)c1ccccc1OC(F)F. The Hall–Kier alpha value is -16.7. The van der Waals surface area contributed by atoms with E-state index in [1.807, 2.05) is 29.7 Å². The lowest BCUT2D eigenvalue weighted by atomic mass is 10.2. The Bertz CT molecular complexity index is 6870. The third-order valence-electron chi connectivity index (χ3n) is 16.7. The number of nitrogen functional groups attached to an aromatic ring is 1. The predicted octanol–water partition coefficient (Wildman–Crippen LogP) is 13.9. The molecule has 10 aromatic carbocycles. The standard InChI is InChI=1S/C17H13F3N4O5S.C17H14F2N4O5S.C9H10N4O3S.C9H9N3OS.C8H5ClF2O2.2C8H6F2O3.C8H10N2O2/c1-28-12-8-4-2-6-10(12)14-21-16(23-22-14)30(26,27)24-15(25)11-7-3-5-9-13(11)29-17(18,19)20;1-27-12-8-4-2-6-10(12)14-20-17(22-21-14)29(25,26)23-15(24)11-7-3-5-9-13(11)28-16(18)19;1-16-7-5-3-2-4-6(7)8-11-9(13-12-8)17(10,14)15;1-13-7-5-3-2-4-6(7)8-10-9(14)12-11-8;9-7(12)5-3-1-2-4-6(5)13-8(10)11;2*9-8(10)13-6-4-2-1-3-5(6)7(11)12;1-12-7-5-3-2-4-6(7)8(11)10-9/h2-9H,1H3,(H,24,25)(H,21,22,23);2-9,16H,1H3,(H,23,24)(H,20,21,22);2-5H,1H3,(H2,10,14,15)(H,11,12,13);2-5H,1H3,(H2,10,11,12,14);1-4,8H;2*1-4,8H,(H,11,12);2-5H,9H2,1H3,(H,10,11). The average molecular weight is 2080 g/mol. The number of aromatic nitrogens is 12. The van der Waals surface area contributed by atoms with E-state index in [0.29, 0.717) is 55.8 Å². The molecule has 14 rings (SSSR count). The van der Waals surface area contributed by atoms with E-state index in [1.54, 1.807) is 114 Å². The van der Waals surface area contributed by atoms with Crippen molar-refractivity contribution < 1.29 is 160 Å². The van der Waals surface area contributed by atoms with Crippen molar-refractivity contribution in [1.82, 2.24) is 75.6 Å². The molecule has 141 heavy (non-hydrogen) atoms. The van der Waals surface area contributed by atoms with Crippen LogP contribution in [0.3, 0.4) is 0 Å². The first-order valence-electron chi connectivity index (χ1n) is 38.3. The fourth-order valence-electron chi connectivity index (χ4n) is 10.8. The minimum atomic E-state index is -5.07. The van der Waals surface area contributed by atoms with E-state index in [1.165, 1.54) is 126 Å². The molecule has 0 saturated carbocycles. The summed E-state index contributed by atoms with van der Waals surface area (Å²) in [5.41, 5.74) is 3.11. The molecule has 14 aromatic rings. The van der Waals surface area contributed by atoms with Crippen LogP contribution in [0, 0.1) is 4.77 Å². The fraction of sp³-hybridized carbons (Fsp3) is 0.119. The number of nitrogens with two attached hydrogens (primary N) is 2. The van der Waals surface area contributed by atoms with Crippen LogP contribution in [-0.2, 0) is 30.1 Å². The Morgan fingerprint density at radius 1 is 0.369 bits per heavy atom. The van der Waals surface area contributed by atoms with E-state index in [4.69, 9.17) is 68.7 Å². The Kier molecular flexibility index (Phi) is 41.9. The van der Waals surface area contributed by atoms with Crippen LogP contribution in [0.2, 0.25) is 0 Å². The maximum absolute atomic E-state index is 12.5. The molecular formula is C84H73ClF11N17O24S4. The van der Waals surface area contributed by atoms with Gasteiger partial charge >= 0.3 is 44.7 Å². The number of para-hydroxylation sites is 10. The number of hydrogen-bond acceptors (Lipinski definition) is 31. The highest BCUT2D eigenvalue weighted by atomic mass is 35.5. The number of benzene rings is 10. The molecule has 4 aromatic heterocycles. The quantitative estimate of drug-likeness (QED) is 0.00517. The summed E-state index contributed by atoms with van der Waals surface area (Å²) in [7, 11) is -5.46. The highest BCUT2D eigenvalue weighted by molar-refractivity contribution is 7.90. The van der Waals surface area contributed by atoms with Crippen molar-refractivity contribution in [1.29, 1.82) is 0 Å². The molecule has 0 bridgehead atoms. The number of primary sulfonamides is 1. The number of amides is 3. The van der Waals surface area contributed by atoms with Crippen LogP contribution in [0.1, 0.15) is 62.1 Å². The summed E-state index contributed by atoms with van der Waals surface area (Å²) in [5, 5.41) is 43.2. The van der Waals surface area contributed by atoms with Gasteiger partial charge in [0.25, 0.3) is 68.5 Å². The molecule has 0 aliphatic carbocycles. The van der Waals surface area contributed by atoms with E-state index in [2.05, 4.69) is 84.4 Å². The maximum Gasteiger partial charge on any atom is 0.573 e. The number of sulfonamides is 3. The summed E-state index contributed by atoms with van der Waals surface area (Å²) in [6.45, 7) is -12.2. The number of aromatic amines is 5. The number of carboxylic acids is 2. The Balaban J connectivity index is 0.000000225. The minimum absolute atomic E-state index is 0.0247. The molecule has 0 unspecified atom stereocenters. The summed E-state index contributed by atoms with van der Waals surface area (Å²) in [4.78, 5) is 83.0. The van der Waals surface area contributed by atoms with Gasteiger partial charge in [-0.25, -0.2) is 53.7 Å². The summed E-state index contributed by atoms with van der Waals surface area (Å²) in [6.07, 6.45) is -5.07. The number of hydrogen-bond donors (Lipinski definition) is 12. The van der Waals surface area contributed by atoms with Gasteiger partial charge in [0.15, 0.2) is 23.3 Å². The number of halogens is 12. The van der Waals surface area contributed by atoms with Crippen molar-refractivity contribution in [2.24, 2.45) is 11.0 Å². The molecule has 41 nitrogen and oxygen atoms in total. The number of ether oxygens (including phenoxy) is 10. The van der Waals surface area contributed by atoms with Gasteiger partial charge in [0.2, 0.25) is 4.77 Å². The average Bonchev–Trinajstić information content (AvgIpc) is 1.66. The summed E-state index contributed by atoms with van der Waals surface area (Å²) in [5.74, 6) is 0.844. The first-order chi connectivity index (χ1) is 66.9. The zero-order chi connectivity index (χ0) is 104. The number of carboxylic acid groups (broad SMARTS) is 2. The maximum atomic E-state index is 12.5. The largest absolute Gasteiger partial charge is 0.573 e. The normalized spacial score (nSPS) is 10.8. The summed E-state index contributed by atoms with van der Waals surface area (Å²) in [6, 6.07) is 60.0. The third kappa shape index (κ3) is 34.2. The Morgan fingerprint density at radius 2 is 0.631 bits per heavy atom. The topological polar surface area (TPSA) is 595 Å². The summed E-state index contributed by atoms with van der Waals surface area (Å²) >= 11 is 10.0. The molecule has 0 radical (unpaired) electrons. The first kappa shape index (κ1) is 111.